The molecule has 10 heavy (non-hydrogen) atoms. The van der Waals surface area contributed by atoms with Crippen molar-refractivity contribution < 1.29 is 37.2 Å². The molecule has 0 amide bonds. The minimum absolute atomic E-state index is 0. The standard InChI is InChI=1S/C5H8O4.Cr/c6-4(7)2-1-3-5(8)9;/h1-3H2,(H,6,7)(H,8,9);/q;+2/p-2. The molecule has 0 unspecified atom stereocenters. The molecule has 0 N–H and O–H groups in total. The zero-order valence-electron chi connectivity index (χ0n) is 5.16. The van der Waals surface area contributed by atoms with Crippen LogP contribution in [0.3, 0.4) is 0 Å². The number of carboxylic acid groups (broad SMARTS) is 2. The zero-order valence-corrected chi connectivity index (χ0v) is 6.44. The second-order valence-electron chi connectivity index (χ2n) is 1.60. The summed E-state index contributed by atoms with van der Waals surface area (Å²) in [4.78, 5) is 19.3. The molecule has 4 nitrogen and oxygen atoms in total. The quantitative estimate of drug-likeness (QED) is 0.487. The van der Waals surface area contributed by atoms with Crippen molar-refractivity contribution in [1.82, 2.24) is 0 Å². The van der Waals surface area contributed by atoms with Gasteiger partial charge in [0.1, 0.15) is 0 Å². The van der Waals surface area contributed by atoms with Crippen molar-refractivity contribution in [2.24, 2.45) is 0 Å². The van der Waals surface area contributed by atoms with Gasteiger partial charge in [-0.3, -0.25) is 0 Å². The van der Waals surface area contributed by atoms with Gasteiger partial charge in [0.2, 0.25) is 0 Å². The first kappa shape index (κ1) is 12.2. The molecule has 0 saturated carbocycles. The maximum absolute atomic E-state index is 9.66. The van der Waals surface area contributed by atoms with Crippen LogP contribution in [-0.4, -0.2) is 11.9 Å². The number of rotatable bonds is 4. The van der Waals surface area contributed by atoms with Gasteiger partial charge in [0.05, 0.1) is 0 Å². The molecule has 56 valence electrons. The molecule has 0 rings (SSSR count). The van der Waals surface area contributed by atoms with Crippen LogP contribution in [0.15, 0.2) is 0 Å². The molecule has 0 aliphatic rings. The van der Waals surface area contributed by atoms with E-state index < -0.39 is 11.9 Å². The number of carbonyl (C=O) groups excluding carboxylic acids is 2. The van der Waals surface area contributed by atoms with E-state index in [1.165, 1.54) is 0 Å². The van der Waals surface area contributed by atoms with Crippen molar-refractivity contribution >= 4 is 11.9 Å². The van der Waals surface area contributed by atoms with Gasteiger partial charge < -0.3 is 19.8 Å². The van der Waals surface area contributed by atoms with Crippen LogP contribution in [0.4, 0.5) is 0 Å². The number of aliphatic carboxylic acids is 2. The summed E-state index contributed by atoms with van der Waals surface area (Å²) in [5, 5.41) is 19.3. The van der Waals surface area contributed by atoms with E-state index in [1.807, 2.05) is 0 Å². The summed E-state index contributed by atoms with van der Waals surface area (Å²) in [7, 11) is 0. The van der Waals surface area contributed by atoms with E-state index in [9.17, 15) is 19.8 Å². The number of carbonyl (C=O) groups is 2. The van der Waals surface area contributed by atoms with Crippen molar-refractivity contribution in [3.05, 3.63) is 0 Å². The van der Waals surface area contributed by atoms with E-state index in [4.69, 9.17) is 0 Å². The molecule has 0 atom stereocenters. The van der Waals surface area contributed by atoms with Gasteiger partial charge in [0, 0.05) is 11.9 Å². The molecule has 0 spiro atoms. The van der Waals surface area contributed by atoms with Gasteiger partial charge in [-0.1, -0.05) is 0 Å². The third-order valence-corrected chi connectivity index (χ3v) is 0.762. The fourth-order valence-corrected chi connectivity index (χ4v) is 0.377. The average molecular weight is 182 g/mol. The first-order chi connectivity index (χ1) is 4.13. The van der Waals surface area contributed by atoms with Crippen molar-refractivity contribution in [3.63, 3.8) is 0 Å². The fraction of sp³-hybridized carbons (Fsp3) is 0.600. The third-order valence-electron chi connectivity index (χ3n) is 0.762. The number of hydrogen-bond acceptors (Lipinski definition) is 4. The number of carboxylic acids is 2. The summed E-state index contributed by atoms with van der Waals surface area (Å²) in [6, 6.07) is 0. The number of hydrogen-bond donors (Lipinski definition) is 0. The van der Waals surface area contributed by atoms with Crippen molar-refractivity contribution in [3.8, 4) is 0 Å². The van der Waals surface area contributed by atoms with Gasteiger partial charge in [0.25, 0.3) is 0 Å². The van der Waals surface area contributed by atoms with E-state index in [0.29, 0.717) is 0 Å². The van der Waals surface area contributed by atoms with Crippen molar-refractivity contribution in [2.45, 2.75) is 19.3 Å². The summed E-state index contributed by atoms with van der Waals surface area (Å²) >= 11 is 0. The van der Waals surface area contributed by atoms with E-state index in [-0.39, 0.29) is 36.6 Å². The van der Waals surface area contributed by atoms with Crippen LogP contribution < -0.4 is 10.2 Å². The van der Waals surface area contributed by atoms with E-state index >= 15 is 0 Å². The first-order valence-electron chi connectivity index (χ1n) is 2.52. The molecule has 0 heterocycles. The Morgan fingerprint density at radius 1 is 1.00 bits per heavy atom. The summed E-state index contributed by atoms with van der Waals surface area (Å²) in [5.74, 6) is -2.45. The summed E-state index contributed by atoms with van der Waals surface area (Å²) in [6.07, 6.45) is -0.341. The maximum atomic E-state index is 9.66. The molecule has 0 bridgehead atoms. The smallest absolute Gasteiger partial charge is 0.550 e. The Morgan fingerprint density at radius 3 is 1.50 bits per heavy atom. The van der Waals surface area contributed by atoms with E-state index in [0.717, 1.165) is 0 Å². The van der Waals surface area contributed by atoms with Crippen molar-refractivity contribution in [2.75, 3.05) is 0 Å². The predicted octanol–water partition coefficient (Wildman–Crippen LogP) is -2.35. The largest absolute Gasteiger partial charge is 2.00 e. The Labute approximate surface area is 69.0 Å². The fourth-order valence-electron chi connectivity index (χ4n) is 0.377. The van der Waals surface area contributed by atoms with Crippen LogP contribution in [0.2, 0.25) is 0 Å². The van der Waals surface area contributed by atoms with Gasteiger partial charge in [-0.05, 0) is 19.3 Å². The topological polar surface area (TPSA) is 80.3 Å². The van der Waals surface area contributed by atoms with E-state index in [2.05, 4.69) is 0 Å². The summed E-state index contributed by atoms with van der Waals surface area (Å²) in [6.45, 7) is 0. The van der Waals surface area contributed by atoms with Gasteiger partial charge in [0.15, 0.2) is 0 Å². The molecule has 5 heteroatoms. The molecule has 0 aliphatic carbocycles. The second-order valence-corrected chi connectivity index (χ2v) is 1.60. The Morgan fingerprint density at radius 2 is 1.30 bits per heavy atom. The molecular formula is C5H6CrO4. The Hall–Kier alpha value is -0.528. The first-order valence-corrected chi connectivity index (χ1v) is 2.52. The monoisotopic (exact) mass is 182 g/mol. The molecule has 0 aliphatic heterocycles. The van der Waals surface area contributed by atoms with Crippen LogP contribution in [-0.2, 0) is 27.0 Å². The molecular weight excluding hydrogens is 176 g/mol. The SMILES string of the molecule is O=C([O-])CCCC(=O)[O-].[Cr+2]. The molecule has 0 saturated heterocycles. The third kappa shape index (κ3) is 10.5. The van der Waals surface area contributed by atoms with Crippen LogP contribution >= 0.6 is 0 Å². The van der Waals surface area contributed by atoms with Gasteiger partial charge >= 0.3 is 17.4 Å². The van der Waals surface area contributed by atoms with Crippen LogP contribution in [0.5, 0.6) is 0 Å². The van der Waals surface area contributed by atoms with Gasteiger partial charge in [-0.25, -0.2) is 0 Å². The van der Waals surface area contributed by atoms with Gasteiger partial charge in [-0.2, -0.15) is 0 Å². The van der Waals surface area contributed by atoms with Crippen LogP contribution in [0.25, 0.3) is 0 Å². The predicted molar refractivity (Wildman–Crippen MR) is 23.9 cm³/mol. The molecule has 0 fully saturated rings. The molecule has 0 aromatic rings. The zero-order chi connectivity index (χ0) is 7.28. The Kier molecular flexibility index (Phi) is 8.03. The summed E-state index contributed by atoms with van der Waals surface area (Å²) in [5.41, 5.74) is 0. The summed E-state index contributed by atoms with van der Waals surface area (Å²) < 4.78 is 0. The van der Waals surface area contributed by atoms with E-state index in [1.54, 1.807) is 0 Å². The second kappa shape index (κ2) is 6.59. The molecule has 0 aromatic carbocycles. The molecule has 0 radical (unpaired) electrons. The maximum Gasteiger partial charge on any atom is 2.00 e. The normalized spacial score (nSPS) is 8.00. The molecule has 0 aromatic heterocycles. The van der Waals surface area contributed by atoms with Crippen LogP contribution in [0.1, 0.15) is 19.3 Å². The minimum Gasteiger partial charge on any atom is -0.550 e. The van der Waals surface area contributed by atoms with Crippen molar-refractivity contribution in [1.29, 1.82) is 0 Å². The average Bonchev–Trinajstić information content (AvgIpc) is 1.63. The Bertz CT molecular complexity index is 109. The minimum atomic E-state index is -1.23. The van der Waals surface area contributed by atoms with Crippen LogP contribution in [0, 0.1) is 0 Å². The Balaban J connectivity index is 0. The van der Waals surface area contributed by atoms with Gasteiger partial charge in [-0.15, -0.1) is 0 Å².